The Balaban J connectivity index is 1.57. The molecule has 1 atom stereocenters. The summed E-state index contributed by atoms with van der Waals surface area (Å²) in [7, 11) is -0.437. The molecule has 3 heteroatoms. The van der Waals surface area contributed by atoms with Crippen LogP contribution < -0.4 is 5.46 Å². The number of benzene rings is 1. The lowest BCUT2D eigenvalue weighted by molar-refractivity contribution is 0.00578. The van der Waals surface area contributed by atoms with Crippen molar-refractivity contribution in [1.82, 2.24) is 0 Å². The van der Waals surface area contributed by atoms with Gasteiger partial charge in [-0.3, -0.25) is 0 Å². The SMILES string of the molecule is CC1C=CC2=C(C1)C1(C3=C(C=CC#CC3)C3=C1CC#CC=C3)c1c(B3OC(C)(C)C(C)(C)O3)cccc12. The van der Waals surface area contributed by atoms with E-state index in [1.54, 1.807) is 0 Å². The maximum absolute atomic E-state index is 6.70. The van der Waals surface area contributed by atoms with Gasteiger partial charge in [0.05, 0.1) is 16.6 Å². The Labute approximate surface area is 221 Å². The highest BCUT2D eigenvalue weighted by atomic mass is 16.7. The van der Waals surface area contributed by atoms with E-state index in [4.69, 9.17) is 9.31 Å². The standard InChI is InChI=1S/C34H31BO2/c1-22-19-20-25-26-15-12-18-30(35-36-32(2,3)33(4,5)37-35)31(26)34(29(25)21-22)27-16-10-6-8-13-23(27)24-14-9-7-11-17-28(24)34/h8-9,12-15,18-20,22H,16-17,21H2,1-5H3. The van der Waals surface area contributed by atoms with Gasteiger partial charge in [-0.2, -0.15) is 0 Å². The van der Waals surface area contributed by atoms with Gasteiger partial charge in [0.1, 0.15) is 0 Å². The fourth-order valence-electron chi connectivity index (χ4n) is 7.06. The second-order valence-electron chi connectivity index (χ2n) is 12.0. The lowest BCUT2D eigenvalue weighted by Gasteiger charge is -2.38. The van der Waals surface area contributed by atoms with Crippen LogP contribution in [0.15, 0.2) is 82.5 Å². The van der Waals surface area contributed by atoms with Crippen LogP contribution in [0.25, 0.3) is 5.57 Å². The molecule has 1 heterocycles. The zero-order valence-corrected chi connectivity index (χ0v) is 22.3. The van der Waals surface area contributed by atoms with E-state index in [2.05, 4.69) is 101 Å². The van der Waals surface area contributed by atoms with Gasteiger partial charge < -0.3 is 9.31 Å². The molecule has 6 aliphatic rings. The van der Waals surface area contributed by atoms with Crippen molar-refractivity contribution in [2.75, 3.05) is 0 Å². The third-order valence-electron chi connectivity index (χ3n) is 9.41. The Hall–Kier alpha value is -3.24. The average molecular weight is 482 g/mol. The van der Waals surface area contributed by atoms with E-state index in [-0.39, 0.29) is 5.41 Å². The normalized spacial score (nSPS) is 26.7. The Morgan fingerprint density at radius 2 is 1.43 bits per heavy atom. The summed E-state index contributed by atoms with van der Waals surface area (Å²) in [6.07, 6.45) is 15.7. The van der Waals surface area contributed by atoms with Gasteiger partial charge in [0, 0.05) is 12.8 Å². The Kier molecular flexibility index (Phi) is 4.74. The summed E-state index contributed by atoms with van der Waals surface area (Å²) in [6.45, 7) is 10.9. The molecule has 182 valence electrons. The highest BCUT2D eigenvalue weighted by Crippen LogP contribution is 2.64. The summed E-state index contributed by atoms with van der Waals surface area (Å²) in [5.74, 6) is 13.9. The van der Waals surface area contributed by atoms with Crippen molar-refractivity contribution in [3.05, 3.63) is 93.6 Å². The van der Waals surface area contributed by atoms with Gasteiger partial charge >= 0.3 is 7.12 Å². The van der Waals surface area contributed by atoms with Crippen molar-refractivity contribution in [2.24, 2.45) is 5.92 Å². The minimum absolute atomic E-state index is 0.374. The van der Waals surface area contributed by atoms with Gasteiger partial charge in [-0.1, -0.05) is 61.0 Å². The average Bonchev–Trinajstić information content (AvgIpc) is 3.14. The molecule has 0 aromatic heterocycles. The number of hydrogen-bond donors (Lipinski definition) is 0. The summed E-state index contributed by atoms with van der Waals surface area (Å²) in [4.78, 5) is 0. The van der Waals surface area contributed by atoms with Crippen LogP contribution in [0.1, 0.15) is 65.0 Å². The Morgan fingerprint density at radius 1 is 0.811 bits per heavy atom. The monoisotopic (exact) mass is 482 g/mol. The summed E-state index contributed by atoms with van der Waals surface area (Å²) < 4.78 is 13.4. The first-order valence-electron chi connectivity index (χ1n) is 13.4. The van der Waals surface area contributed by atoms with Gasteiger partial charge in [0.15, 0.2) is 0 Å². The van der Waals surface area contributed by atoms with Crippen LogP contribution in [0.2, 0.25) is 0 Å². The van der Waals surface area contributed by atoms with Crippen LogP contribution in [0.5, 0.6) is 0 Å². The van der Waals surface area contributed by atoms with E-state index in [9.17, 15) is 0 Å². The molecule has 0 radical (unpaired) electrons. The lowest BCUT2D eigenvalue weighted by Crippen LogP contribution is -2.43. The summed E-state index contributed by atoms with van der Waals surface area (Å²) in [6, 6.07) is 6.70. The number of hydrogen-bond acceptors (Lipinski definition) is 2. The van der Waals surface area contributed by atoms with Gasteiger partial charge in [-0.05, 0) is 114 Å². The molecular formula is C34H31BO2. The molecule has 1 fully saturated rings. The molecule has 1 aromatic carbocycles. The molecule has 0 amide bonds. The largest absolute Gasteiger partial charge is 0.495 e. The molecule has 1 aliphatic heterocycles. The van der Waals surface area contributed by atoms with Crippen molar-refractivity contribution in [3.63, 3.8) is 0 Å². The molecule has 37 heavy (non-hydrogen) atoms. The second kappa shape index (κ2) is 7.64. The third-order valence-corrected chi connectivity index (χ3v) is 9.41. The number of allylic oxidation sites excluding steroid dienone is 12. The van der Waals surface area contributed by atoms with Crippen molar-refractivity contribution in [3.8, 4) is 23.7 Å². The van der Waals surface area contributed by atoms with Gasteiger partial charge in [0.25, 0.3) is 0 Å². The predicted molar refractivity (Wildman–Crippen MR) is 151 cm³/mol. The quantitative estimate of drug-likeness (QED) is 0.355. The Morgan fingerprint density at radius 3 is 2.05 bits per heavy atom. The molecule has 0 saturated carbocycles. The first-order valence-corrected chi connectivity index (χ1v) is 13.4. The molecular weight excluding hydrogens is 451 g/mol. The molecule has 0 bridgehead atoms. The molecule has 7 rings (SSSR count). The van der Waals surface area contributed by atoms with Crippen molar-refractivity contribution < 1.29 is 9.31 Å². The maximum Gasteiger partial charge on any atom is 0.495 e. The van der Waals surface area contributed by atoms with E-state index in [1.807, 2.05) is 12.2 Å². The van der Waals surface area contributed by atoms with E-state index in [0.29, 0.717) is 5.92 Å². The van der Waals surface area contributed by atoms with Gasteiger partial charge in [0.2, 0.25) is 0 Å². The van der Waals surface area contributed by atoms with Crippen LogP contribution in [0.3, 0.4) is 0 Å². The molecule has 5 aliphatic carbocycles. The summed E-state index contributed by atoms with van der Waals surface area (Å²) in [5, 5.41) is 0. The topological polar surface area (TPSA) is 18.5 Å². The Bertz CT molecular complexity index is 1510. The van der Waals surface area contributed by atoms with E-state index in [1.165, 1.54) is 44.6 Å². The molecule has 1 saturated heterocycles. The minimum Gasteiger partial charge on any atom is -0.399 e. The fraction of sp³-hybridized carbons (Fsp3) is 0.353. The predicted octanol–water partition coefficient (Wildman–Crippen LogP) is 6.12. The molecule has 1 unspecified atom stereocenters. The zero-order chi connectivity index (χ0) is 25.6. The third kappa shape index (κ3) is 2.94. The molecule has 0 N–H and O–H groups in total. The van der Waals surface area contributed by atoms with Gasteiger partial charge in [-0.15, -0.1) is 0 Å². The lowest BCUT2D eigenvalue weighted by atomic mass is 9.59. The van der Waals surface area contributed by atoms with Crippen LogP contribution in [-0.2, 0) is 14.7 Å². The summed E-state index contributed by atoms with van der Waals surface area (Å²) >= 11 is 0. The van der Waals surface area contributed by atoms with Crippen molar-refractivity contribution >= 4 is 18.2 Å². The zero-order valence-electron chi connectivity index (χ0n) is 22.3. The minimum atomic E-state index is -0.437. The first kappa shape index (κ1) is 22.9. The van der Waals surface area contributed by atoms with Crippen LogP contribution in [0.4, 0.5) is 0 Å². The van der Waals surface area contributed by atoms with Crippen molar-refractivity contribution in [1.29, 1.82) is 0 Å². The number of fused-ring (bicyclic) bond motifs is 7. The van der Waals surface area contributed by atoms with Crippen molar-refractivity contribution in [2.45, 2.75) is 70.5 Å². The highest BCUT2D eigenvalue weighted by Gasteiger charge is 2.59. The van der Waals surface area contributed by atoms with Crippen LogP contribution in [0, 0.1) is 29.6 Å². The van der Waals surface area contributed by atoms with E-state index >= 15 is 0 Å². The summed E-state index contributed by atoms with van der Waals surface area (Å²) in [5.41, 5.74) is 10.8. The molecule has 1 aromatic rings. The van der Waals surface area contributed by atoms with Crippen LogP contribution >= 0.6 is 0 Å². The van der Waals surface area contributed by atoms with Crippen LogP contribution in [-0.4, -0.2) is 18.3 Å². The highest BCUT2D eigenvalue weighted by molar-refractivity contribution is 6.63. The smallest absolute Gasteiger partial charge is 0.399 e. The number of rotatable bonds is 1. The molecule has 1 spiro atoms. The van der Waals surface area contributed by atoms with E-state index < -0.39 is 18.3 Å². The van der Waals surface area contributed by atoms with Gasteiger partial charge in [-0.25, -0.2) is 0 Å². The van der Waals surface area contributed by atoms with E-state index in [0.717, 1.165) is 24.7 Å². The maximum atomic E-state index is 6.70. The molecule has 2 nitrogen and oxygen atoms in total. The fourth-order valence-corrected chi connectivity index (χ4v) is 7.06. The first-order chi connectivity index (χ1) is 17.8. The second-order valence-corrected chi connectivity index (χ2v) is 12.0.